The summed E-state index contributed by atoms with van der Waals surface area (Å²) in [5.41, 5.74) is 2.72. The van der Waals surface area contributed by atoms with Gasteiger partial charge in [-0.25, -0.2) is 0 Å². The number of fused-ring (bicyclic) bond motifs is 1. The number of benzene rings is 1. The number of likely N-dealkylation sites (tertiary alicyclic amines) is 1. The van der Waals surface area contributed by atoms with E-state index < -0.39 is 0 Å². The third-order valence-corrected chi connectivity index (χ3v) is 6.47. The van der Waals surface area contributed by atoms with Crippen LogP contribution in [0.25, 0.3) is 0 Å². The summed E-state index contributed by atoms with van der Waals surface area (Å²) in [6.07, 6.45) is 4.58. The normalized spacial score (nSPS) is 26.7. The monoisotopic (exact) mass is 371 g/mol. The summed E-state index contributed by atoms with van der Waals surface area (Å²) in [5.74, 6) is 1.38. The molecular formula is C22H33N3O2. The molecule has 2 saturated heterocycles. The van der Waals surface area contributed by atoms with Crippen molar-refractivity contribution in [2.24, 2.45) is 0 Å². The summed E-state index contributed by atoms with van der Waals surface area (Å²) in [6, 6.07) is 7.40. The molecule has 1 aromatic carbocycles. The first kappa shape index (κ1) is 18.8. The summed E-state index contributed by atoms with van der Waals surface area (Å²) >= 11 is 0. The molecule has 3 aliphatic heterocycles. The quantitative estimate of drug-likeness (QED) is 0.815. The van der Waals surface area contributed by atoms with E-state index >= 15 is 0 Å². The van der Waals surface area contributed by atoms with Gasteiger partial charge in [-0.2, -0.15) is 0 Å². The highest BCUT2D eigenvalue weighted by molar-refractivity contribution is 5.79. The van der Waals surface area contributed by atoms with E-state index in [4.69, 9.17) is 4.74 Å². The molecule has 2 unspecified atom stereocenters. The lowest BCUT2D eigenvalue weighted by Crippen LogP contribution is -2.54. The Morgan fingerprint density at radius 1 is 1.07 bits per heavy atom. The van der Waals surface area contributed by atoms with Gasteiger partial charge in [0, 0.05) is 51.2 Å². The van der Waals surface area contributed by atoms with E-state index in [0.29, 0.717) is 24.5 Å². The number of carbonyl (C=O) groups excluding carboxylic acids is 1. The minimum Gasteiger partial charge on any atom is -0.493 e. The minimum atomic E-state index is 0.321. The number of piperidine rings is 1. The second kappa shape index (κ2) is 8.19. The maximum Gasteiger partial charge on any atom is 0.237 e. The zero-order chi connectivity index (χ0) is 18.8. The van der Waals surface area contributed by atoms with Gasteiger partial charge in [-0.1, -0.05) is 12.1 Å². The number of nitrogens with zero attached hydrogens (tertiary/aromatic N) is 3. The lowest BCUT2D eigenvalue weighted by atomic mass is 9.97. The number of carbonyl (C=O) groups is 1. The predicted octanol–water partition coefficient (Wildman–Crippen LogP) is 2.53. The Kier molecular flexibility index (Phi) is 5.69. The number of piperazine rings is 1. The van der Waals surface area contributed by atoms with Crippen LogP contribution in [0.1, 0.15) is 44.2 Å². The fourth-order valence-electron chi connectivity index (χ4n) is 4.89. The zero-order valence-corrected chi connectivity index (χ0v) is 16.8. The summed E-state index contributed by atoms with van der Waals surface area (Å²) in [7, 11) is 0. The molecule has 0 spiro atoms. The molecular weight excluding hydrogens is 338 g/mol. The van der Waals surface area contributed by atoms with Crippen LogP contribution in [-0.4, -0.2) is 72.0 Å². The van der Waals surface area contributed by atoms with Crippen molar-refractivity contribution in [3.05, 3.63) is 29.3 Å². The topological polar surface area (TPSA) is 36.0 Å². The molecule has 148 valence electrons. The second-order valence-electron chi connectivity index (χ2n) is 8.52. The van der Waals surface area contributed by atoms with Crippen molar-refractivity contribution >= 4 is 5.91 Å². The first-order valence-corrected chi connectivity index (χ1v) is 10.6. The van der Waals surface area contributed by atoms with Crippen LogP contribution in [0, 0.1) is 0 Å². The molecule has 3 heterocycles. The predicted molar refractivity (Wildman–Crippen MR) is 107 cm³/mol. The van der Waals surface area contributed by atoms with E-state index in [-0.39, 0.29) is 0 Å². The van der Waals surface area contributed by atoms with Gasteiger partial charge in [0.05, 0.1) is 13.2 Å². The van der Waals surface area contributed by atoms with Crippen molar-refractivity contribution < 1.29 is 9.53 Å². The SMILES string of the molecule is CC1CCCC(C)N1C(=O)CN1CCN(Cc2ccc3c(c2)CCO3)CC1. The van der Waals surface area contributed by atoms with Gasteiger partial charge in [0.15, 0.2) is 0 Å². The van der Waals surface area contributed by atoms with Crippen molar-refractivity contribution in [3.8, 4) is 5.75 Å². The van der Waals surface area contributed by atoms with Crippen molar-refractivity contribution in [1.29, 1.82) is 0 Å². The fraction of sp³-hybridized carbons (Fsp3) is 0.682. The standard InChI is InChI=1S/C22H33N3O2/c1-17-4-3-5-18(2)25(17)22(26)16-24-11-9-23(10-12-24)15-19-6-7-21-20(14-19)8-13-27-21/h6-7,14,17-18H,3-5,8-13,15-16H2,1-2H3. The Bertz CT molecular complexity index is 660. The van der Waals surface area contributed by atoms with Gasteiger partial charge in [0.25, 0.3) is 0 Å². The molecule has 2 fully saturated rings. The average molecular weight is 372 g/mol. The molecule has 1 aromatic rings. The van der Waals surface area contributed by atoms with Crippen LogP contribution in [0.2, 0.25) is 0 Å². The maximum atomic E-state index is 12.8. The van der Waals surface area contributed by atoms with Crippen molar-refractivity contribution in [2.45, 2.75) is 58.2 Å². The van der Waals surface area contributed by atoms with Gasteiger partial charge in [0.2, 0.25) is 5.91 Å². The van der Waals surface area contributed by atoms with Gasteiger partial charge in [0.1, 0.15) is 5.75 Å². The number of hydrogen-bond acceptors (Lipinski definition) is 4. The van der Waals surface area contributed by atoms with Crippen LogP contribution in [-0.2, 0) is 17.8 Å². The molecule has 5 heteroatoms. The first-order valence-electron chi connectivity index (χ1n) is 10.6. The summed E-state index contributed by atoms with van der Waals surface area (Å²) in [6.45, 7) is 10.8. The molecule has 3 aliphatic rings. The molecule has 0 bridgehead atoms. The van der Waals surface area contributed by atoms with Gasteiger partial charge in [-0.3, -0.25) is 14.6 Å². The van der Waals surface area contributed by atoms with Crippen molar-refractivity contribution in [2.75, 3.05) is 39.3 Å². The highest BCUT2D eigenvalue weighted by Crippen LogP contribution is 2.26. The summed E-state index contributed by atoms with van der Waals surface area (Å²) in [5, 5.41) is 0. The number of hydrogen-bond donors (Lipinski definition) is 0. The fourth-order valence-corrected chi connectivity index (χ4v) is 4.89. The van der Waals surface area contributed by atoms with E-state index in [1.165, 1.54) is 17.5 Å². The van der Waals surface area contributed by atoms with Crippen molar-refractivity contribution in [1.82, 2.24) is 14.7 Å². The van der Waals surface area contributed by atoms with E-state index in [1.54, 1.807) is 0 Å². The second-order valence-corrected chi connectivity index (χ2v) is 8.52. The number of rotatable bonds is 4. The Balaban J connectivity index is 1.26. The van der Waals surface area contributed by atoms with E-state index in [1.807, 2.05) is 0 Å². The molecule has 1 amide bonds. The number of amides is 1. The third-order valence-electron chi connectivity index (χ3n) is 6.47. The lowest BCUT2D eigenvalue weighted by Gasteiger charge is -2.41. The minimum absolute atomic E-state index is 0.321. The molecule has 0 aliphatic carbocycles. The van der Waals surface area contributed by atoms with Crippen LogP contribution in [0.4, 0.5) is 0 Å². The van der Waals surface area contributed by atoms with Gasteiger partial charge in [-0.05, 0) is 50.3 Å². The Morgan fingerprint density at radius 3 is 2.52 bits per heavy atom. The summed E-state index contributed by atoms with van der Waals surface area (Å²) < 4.78 is 5.60. The molecule has 0 radical (unpaired) electrons. The van der Waals surface area contributed by atoms with Crippen LogP contribution >= 0.6 is 0 Å². The lowest BCUT2D eigenvalue weighted by molar-refractivity contribution is -0.139. The molecule has 27 heavy (non-hydrogen) atoms. The van der Waals surface area contributed by atoms with Crippen molar-refractivity contribution in [3.63, 3.8) is 0 Å². The highest BCUT2D eigenvalue weighted by atomic mass is 16.5. The van der Waals surface area contributed by atoms with E-state index in [9.17, 15) is 4.79 Å². The molecule has 0 saturated carbocycles. The van der Waals surface area contributed by atoms with Gasteiger partial charge < -0.3 is 9.64 Å². The molecule has 2 atom stereocenters. The van der Waals surface area contributed by atoms with E-state index in [0.717, 1.165) is 64.3 Å². The summed E-state index contributed by atoms with van der Waals surface area (Å²) in [4.78, 5) is 19.8. The molecule has 0 N–H and O–H groups in total. The number of ether oxygens (including phenoxy) is 1. The molecule has 0 aromatic heterocycles. The highest BCUT2D eigenvalue weighted by Gasteiger charge is 2.30. The Morgan fingerprint density at radius 2 is 1.78 bits per heavy atom. The van der Waals surface area contributed by atoms with Gasteiger partial charge in [-0.15, -0.1) is 0 Å². The Hall–Kier alpha value is -1.59. The first-order chi connectivity index (χ1) is 13.1. The zero-order valence-electron chi connectivity index (χ0n) is 16.8. The molecule has 5 nitrogen and oxygen atoms in total. The third kappa shape index (κ3) is 4.30. The average Bonchev–Trinajstić information content (AvgIpc) is 3.11. The van der Waals surface area contributed by atoms with Crippen LogP contribution in [0.5, 0.6) is 5.75 Å². The smallest absolute Gasteiger partial charge is 0.237 e. The van der Waals surface area contributed by atoms with Gasteiger partial charge >= 0.3 is 0 Å². The van der Waals surface area contributed by atoms with E-state index in [2.05, 4.69) is 46.7 Å². The largest absolute Gasteiger partial charge is 0.493 e. The Labute approximate surface area is 163 Å². The van der Waals surface area contributed by atoms with Crippen LogP contribution < -0.4 is 4.74 Å². The van der Waals surface area contributed by atoms with Crippen LogP contribution in [0.3, 0.4) is 0 Å². The molecule has 4 rings (SSSR count). The maximum absolute atomic E-state index is 12.8. The van der Waals surface area contributed by atoms with Crippen LogP contribution in [0.15, 0.2) is 18.2 Å².